The molecule has 0 aromatic heterocycles. The summed E-state index contributed by atoms with van der Waals surface area (Å²) in [5.74, 6) is -0.741. The smallest absolute Gasteiger partial charge is 0.306 e. The molecule has 0 fully saturated rings. The van der Waals surface area contributed by atoms with Gasteiger partial charge in [0.05, 0.1) is 6.61 Å². The van der Waals surface area contributed by atoms with Crippen LogP contribution >= 0.6 is 0 Å². The van der Waals surface area contributed by atoms with Crippen molar-refractivity contribution in [3.05, 3.63) is 12.2 Å². The van der Waals surface area contributed by atoms with Gasteiger partial charge in [-0.05, 0) is 50.9 Å². The number of hydrogen-bond acceptors (Lipinski definition) is 4. The first-order valence-electron chi connectivity index (χ1n) is 11.4. The second-order valence-electron chi connectivity index (χ2n) is 8.13. The average Bonchev–Trinajstić information content (AvgIpc) is 2.66. The van der Waals surface area contributed by atoms with Crippen molar-refractivity contribution in [3.63, 3.8) is 0 Å². The lowest BCUT2D eigenvalue weighted by Crippen LogP contribution is -2.18. The molecule has 0 saturated carbocycles. The van der Waals surface area contributed by atoms with Crippen molar-refractivity contribution in [1.29, 1.82) is 0 Å². The van der Waals surface area contributed by atoms with Gasteiger partial charge in [-0.2, -0.15) is 0 Å². The van der Waals surface area contributed by atoms with Crippen LogP contribution in [-0.4, -0.2) is 29.4 Å². The van der Waals surface area contributed by atoms with E-state index in [1.54, 1.807) is 6.92 Å². The fraction of sp³-hybridized carbons (Fsp3) is 0.792. The highest BCUT2D eigenvalue weighted by Crippen LogP contribution is 2.18. The number of carboxylic acid groups (broad SMARTS) is 1. The van der Waals surface area contributed by atoms with E-state index < -0.39 is 5.97 Å². The van der Waals surface area contributed by atoms with Crippen LogP contribution in [0.15, 0.2) is 12.2 Å². The molecule has 5 nitrogen and oxygen atoms in total. The van der Waals surface area contributed by atoms with Gasteiger partial charge in [0.15, 0.2) is 0 Å². The van der Waals surface area contributed by atoms with Gasteiger partial charge in [0.25, 0.3) is 0 Å². The predicted octanol–water partition coefficient (Wildman–Crippen LogP) is 6.10. The normalized spacial score (nSPS) is 13.3. The Morgan fingerprint density at radius 1 is 0.931 bits per heavy atom. The summed E-state index contributed by atoms with van der Waals surface area (Å²) in [4.78, 5) is 34.1. The zero-order valence-corrected chi connectivity index (χ0v) is 18.8. The molecule has 0 aliphatic rings. The minimum absolute atomic E-state index is 0.0163. The summed E-state index contributed by atoms with van der Waals surface area (Å²) in [5.41, 5.74) is 0. The maximum atomic E-state index is 12.1. The molecular weight excluding hydrogens is 368 g/mol. The number of carbonyl (C=O) groups excluding carboxylic acids is 2. The lowest BCUT2D eigenvalue weighted by Gasteiger charge is -2.16. The summed E-state index contributed by atoms with van der Waals surface area (Å²) >= 11 is 0. The molecule has 0 saturated heterocycles. The molecule has 0 radical (unpaired) electrons. The number of ether oxygens (including phenoxy) is 1. The SMILES string of the molecule is CCCCC(CC)COC(=O)CC(C/C=C/CCCCCCC(C)=O)CC(=O)O. The topological polar surface area (TPSA) is 80.7 Å². The van der Waals surface area contributed by atoms with Gasteiger partial charge in [-0.15, -0.1) is 0 Å². The van der Waals surface area contributed by atoms with E-state index in [9.17, 15) is 14.4 Å². The molecular formula is C24H42O5. The van der Waals surface area contributed by atoms with E-state index in [2.05, 4.69) is 19.9 Å². The molecule has 2 atom stereocenters. The predicted molar refractivity (Wildman–Crippen MR) is 117 cm³/mol. The molecule has 0 aromatic rings. The van der Waals surface area contributed by atoms with Crippen LogP contribution in [0.1, 0.15) is 104 Å². The molecule has 0 heterocycles. The second-order valence-corrected chi connectivity index (χ2v) is 8.13. The Labute approximate surface area is 177 Å². The third kappa shape index (κ3) is 18.1. The van der Waals surface area contributed by atoms with Crippen LogP contribution in [0.3, 0.4) is 0 Å². The average molecular weight is 411 g/mol. The maximum absolute atomic E-state index is 12.1. The second kappa shape index (κ2) is 18.4. The summed E-state index contributed by atoms with van der Waals surface area (Å²) in [5, 5.41) is 9.11. The highest BCUT2D eigenvalue weighted by Gasteiger charge is 2.18. The van der Waals surface area contributed by atoms with Crippen molar-refractivity contribution in [2.75, 3.05) is 6.61 Å². The molecule has 0 aliphatic carbocycles. The van der Waals surface area contributed by atoms with Crippen molar-refractivity contribution >= 4 is 17.7 Å². The number of unbranched alkanes of at least 4 members (excludes halogenated alkanes) is 5. The lowest BCUT2D eigenvalue weighted by atomic mass is 9.97. The number of rotatable bonds is 19. The maximum Gasteiger partial charge on any atom is 0.306 e. The monoisotopic (exact) mass is 410 g/mol. The van der Waals surface area contributed by atoms with E-state index in [1.807, 2.05) is 6.08 Å². The molecule has 2 unspecified atom stereocenters. The first-order valence-corrected chi connectivity index (χ1v) is 11.4. The van der Waals surface area contributed by atoms with E-state index in [0.29, 0.717) is 25.4 Å². The van der Waals surface area contributed by atoms with Gasteiger partial charge in [-0.1, -0.05) is 58.1 Å². The number of aliphatic carboxylic acids is 1. The summed E-state index contributed by atoms with van der Waals surface area (Å²) in [6.07, 6.45) is 14.9. The van der Waals surface area contributed by atoms with E-state index in [0.717, 1.165) is 57.8 Å². The molecule has 5 heteroatoms. The van der Waals surface area contributed by atoms with Crippen LogP contribution in [0.4, 0.5) is 0 Å². The molecule has 0 amide bonds. The molecule has 0 spiro atoms. The highest BCUT2D eigenvalue weighted by atomic mass is 16.5. The number of hydrogen-bond donors (Lipinski definition) is 1. The lowest BCUT2D eigenvalue weighted by molar-refractivity contribution is -0.147. The first kappa shape index (κ1) is 27.4. The fourth-order valence-electron chi connectivity index (χ4n) is 3.29. The van der Waals surface area contributed by atoms with E-state index in [1.165, 1.54) is 0 Å². The van der Waals surface area contributed by atoms with Gasteiger partial charge in [-0.25, -0.2) is 0 Å². The van der Waals surface area contributed by atoms with E-state index in [-0.39, 0.29) is 30.5 Å². The fourth-order valence-corrected chi connectivity index (χ4v) is 3.29. The van der Waals surface area contributed by atoms with Crippen LogP contribution in [0.25, 0.3) is 0 Å². The quantitative estimate of drug-likeness (QED) is 0.158. The van der Waals surface area contributed by atoms with E-state index in [4.69, 9.17) is 9.84 Å². The third-order valence-electron chi connectivity index (χ3n) is 5.23. The zero-order valence-electron chi connectivity index (χ0n) is 18.8. The number of esters is 1. The van der Waals surface area contributed by atoms with Crippen molar-refractivity contribution in [2.45, 2.75) is 104 Å². The third-order valence-corrected chi connectivity index (χ3v) is 5.23. The molecule has 1 N–H and O–H groups in total. The molecule has 0 aliphatic heterocycles. The Morgan fingerprint density at radius 3 is 2.28 bits per heavy atom. The number of carboxylic acids is 1. The molecule has 0 rings (SSSR count). The van der Waals surface area contributed by atoms with Gasteiger partial charge in [0.2, 0.25) is 0 Å². The summed E-state index contributed by atoms with van der Waals surface area (Å²) in [6, 6.07) is 0. The number of ketones is 1. The van der Waals surface area contributed by atoms with Gasteiger partial charge in [0.1, 0.15) is 5.78 Å². The van der Waals surface area contributed by atoms with Crippen molar-refractivity contribution < 1.29 is 24.2 Å². The van der Waals surface area contributed by atoms with Crippen molar-refractivity contribution in [3.8, 4) is 0 Å². The number of Topliss-reactive ketones (excluding diaryl/α,β-unsaturated/α-hetero) is 1. The summed E-state index contributed by atoms with van der Waals surface area (Å²) in [7, 11) is 0. The highest BCUT2D eigenvalue weighted by molar-refractivity contribution is 5.75. The number of carbonyl (C=O) groups is 3. The standard InChI is InChI=1S/C24H42O5/c1-4-6-15-21(5-2)19-29-24(28)18-22(17-23(26)27)16-13-11-9-7-8-10-12-14-20(3)25/h11,13,21-22H,4-10,12,14-19H2,1-3H3,(H,26,27)/b13-11+. The van der Waals surface area contributed by atoms with Crippen LogP contribution in [0, 0.1) is 11.8 Å². The summed E-state index contributed by atoms with van der Waals surface area (Å²) in [6.45, 7) is 6.32. The Morgan fingerprint density at radius 2 is 1.66 bits per heavy atom. The Kier molecular flexibility index (Phi) is 17.3. The molecule has 29 heavy (non-hydrogen) atoms. The zero-order chi connectivity index (χ0) is 21.9. The molecule has 168 valence electrons. The van der Waals surface area contributed by atoms with Gasteiger partial charge in [-0.3, -0.25) is 9.59 Å². The minimum atomic E-state index is -0.879. The van der Waals surface area contributed by atoms with Crippen molar-refractivity contribution in [2.24, 2.45) is 11.8 Å². The number of allylic oxidation sites excluding steroid dienone is 2. The van der Waals surface area contributed by atoms with Gasteiger partial charge >= 0.3 is 11.9 Å². The van der Waals surface area contributed by atoms with E-state index >= 15 is 0 Å². The van der Waals surface area contributed by atoms with Crippen LogP contribution in [0.2, 0.25) is 0 Å². The Balaban J connectivity index is 4.16. The largest absolute Gasteiger partial charge is 0.481 e. The molecule has 0 aromatic carbocycles. The van der Waals surface area contributed by atoms with Crippen LogP contribution in [0.5, 0.6) is 0 Å². The molecule has 0 bridgehead atoms. The van der Waals surface area contributed by atoms with Crippen LogP contribution < -0.4 is 0 Å². The first-order chi connectivity index (χ1) is 13.9. The minimum Gasteiger partial charge on any atom is -0.481 e. The van der Waals surface area contributed by atoms with Crippen molar-refractivity contribution in [1.82, 2.24) is 0 Å². The van der Waals surface area contributed by atoms with Crippen LogP contribution in [-0.2, 0) is 19.1 Å². The summed E-state index contributed by atoms with van der Waals surface area (Å²) < 4.78 is 5.42. The Bertz CT molecular complexity index is 484. The van der Waals surface area contributed by atoms with Gasteiger partial charge in [0, 0.05) is 19.3 Å². The van der Waals surface area contributed by atoms with Gasteiger partial charge < -0.3 is 14.6 Å². The Hall–Kier alpha value is -1.65.